The summed E-state index contributed by atoms with van der Waals surface area (Å²) >= 11 is 1.32. The van der Waals surface area contributed by atoms with Crippen molar-refractivity contribution in [1.29, 1.82) is 0 Å². The number of thiazole rings is 1. The molecule has 0 aliphatic rings. The van der Waals surface area contributed by atoms with Crippen molar-refractivity contribution in [2.45, 2.75) is 13.1 Å². The number of amides is 1. The first-order valence-electron chi connectivity index (χ1n) is 5.71. The number of pyridine rings is 1. The molecule has 20 heavy (non-hydrogen) atoms. The van der Waals surface area contributed by atoms with Gasteiger partial charge in [0, 0.05) is 18.1 Å². The molecule has 0 saturated carbocycles. The lowest BCUT2D eigenvalue weighted by Gasteiger charge is -2.03. The van der Waals surface area contributed by atoms with E-state index in [0.29, 0.717) is 22.9 Å². The molecule has 2 aromatic rings. The molecule has 0 radical (unpaired) electrons. The number of carboxylic acid groups (broad SMARTS) is 1. The number of hydrogen-bond donors (Lipinski definition) is 3. The van der Waals surface area contributed by atoms with Gasteiger partial charge in [-0.05, 0) is 12.1 Å². The van der Waals surface area contributed by atoms with Crippen LogP contribution in [0, 0.1) is 0 Å². The maximum absolute atomic E-state index is 11.8. The highest BCUT2D eigenvalue weighted by Crippen LogP contribution is 2.09. The van der Waals surface area contributed by atoms with Gasteiger partial charge in [0.25, 0.3) is 5.91 Å². The van der Waals surface area contributed by atoms with Crippen molar-refractivity contribution >= 4 is 23.2 Å². The van der Waals surface area contributed by atoms with E-state index in [2.05, 4.69) is 15.3 Å². The number of nitrogens with one attached hydrogen (secondary N) is 1. The van der Waals surface area contributed by atoms with Gasteiger partial charge in [0.2, 0.25) is 0 Å². The second kappa shape index (κ2) is 6.22. The van der Waals surface area contributed by atoms with Crippen molar-refractivity contribution in [1.82, 2.24) is 15.3 Å². The second-order valence-electron chi connectivity index (χ2n) is 3.85. The van der Waals surface area contributed by atoms with Crippen LogP contribution in [0.3, 0.4) is 0 Å². The smallest absolute Gasteiger partial charge is 0.335 e. The summed E-state index contributed by atoms with van der Waals surface area (Å²) in [5, 5.41) is 13.8. The Balaban J connectivity index is 1.99. The van der Waals surface area contributed by atoms with E-state index in [1.807, 2.05) is 0 Å². The molecule has 0 bridgehead atoms. The molecule has 104 valence electrons. The van der Waals surface area contributed by atoms with Crippen molar-refractivity contribution in [3.63, 3.8) is 0 Å². The zero-order valence-electron chi connectivity index (χ0n) is 10.4. The fourth-order valence-corrected chi connectivity index (χ4v) is 2.13. The monoisotopic (exact) mass is 292 g/mol. The average Bonchev–Trinajstić information content (AvgIpc) is 2.94. The first-order valence-corrected chi connectivity index (χ1v) is 6.59. The molecule has 0 fully saturated rings. The molecule has 4 N–H and O–H groups in total. The minimum atomic E-state index is -1.04. The number of hydrogen-bond acceptors (Lipinski definition) is 6. The highest BCUT2D eigenvalue weighted by molar-refractivity contribution is 7.09. The molecule has 2 heterocycles. The zero-order chi connectivity index (χ0) is 14.5. The summed E-state index contributed by atoms with van der Waals surface area (Å²) in [5.74, 6) is -1.38. The normalized spacial score (nSPS) is 10.2. The quantitative estimate of drug-likeness (QED) is 0.743. The maximum Gasteiger partial charge on any atom is 0.335 e. The molecule has 1 amide bonds. The van der Waals surface area contributed by atoms with Crippen LogP contribution < -0.4 is 11.1 Å². The van der Waals surface area contributed by atoms with Gasteiger partial charge < -0.3 is 16.2 Å². The van der Waals surface area contributed by atoms with Gasteiger partial charge in [-0.15, -0.1) is 11.3 Å². The second-order valence-corrected chi connectivity index (χ2v) is 4.80. The summed E-state index contributed by atoms with van der Waals surface area (Å²) in [6, 6.07) is 2.80. The topological polar surface area (TPSA) is 118 Å². The Kier molecular flexibility index (Phi) is 4.38. The Morgan fingerprint density at radius 1 is 1.45 bits per heavy atom. The molecular formula is C12H12N4O3S. The van der Waals surface area contributed by atoms with Gasteiger partial charge in [-0.25, -0.2) is 9.78 Å². The molecule has 0 saturated heterocycles. The van der Waals surface area contributed by atoms with Crippen LogP contribution >= 0.6 is 11.3 Å². The molecular weight excluding hydrogens is 280 g/mol. The number of nitrogens with zero attached hydrogens (tertiary/aromatic N) is 2. The fourth-order valence-electron chi connectivity index (χ4n) is 1.48. The molecule has 0 unspecified atom stereocenters. The Bertz CT molecular complexity index is 641. The first kappa shape index (κ1) is 14.1. The van der Waals surface area contributed by atoms with Crippen molar-refractivity contribution in [3.05, 3.63) is 45.7 Å². The predicted octanol–water partition coefficient (Wildman–Crippen LogP) is 0.625. The number of aromatic nitrogens is 2. The molecule has 2 aromatic heterocycles. The number of carbonyl (C=O) groups excluding carboxylic acids is 1. The van der Waals surface area contributed by atoms with E-state index in [1.165, 1.54) is 29.7 Å². The zero-order valence-corrected chi connectivity index (χ0v) is 11.2. The SMILES string of the molecule is NCc1nc(C(=O)NCc2cc(C(=O)O)ccn2)cs1. The van der Waals surface area contributed by atoms with Crippen molar-refractivity contribution in [2.75, 3.05) is 0 Å². The standard InChI is InChI=1S/C12H12N4O3S/c13-4-10-16-9(6-20-10)11(17)15-5-8-3-7(12(18)19)1-2-14-8/h1-3,6H,4-5,13H2,(H,15,17)(H,18,19). The Hall–Kier alpha value is -2.32. The van der Waals surface area contributed by atoms with Gasteiger partial charge in [0.15, 0.2) is 0 Å². The van der Waals surface area contributed by atoms with Gasteiger partial charge in [-0.2, -0.15) is 0 Å². The summed E-state index contributed by atoms with van der Waals surface area (Å²) in [4.78, 5) is 30.7. The molecule has 7 nitrogen and oxygen atoms in total. The lowest BCUT2D eigenvalue weighted by atomic mass is 10.2. The number of carboxylic acids is 1. The van der Waals surface area contributed by atoms with Gasteiger partial charge in [0.1, 0.15) is 10.7 Å². The van der Waals surface area contributed by atoms with Gasteiger partial charge in [-0.1, -0.05) is 0 Å². The van der Waals surface area contributed by atoms with Crippen LogP contribution in [0.2, 0.25) is 0 Å². The summed E-state index contributed by atoms with van der Waals surface area (Å²) in [7, 11) is 0. The highest BCUT2D eigenvalue weighted by Gasteiger charge is 2.11. The summed E-state index contributed by atoms with van der Waals surface area (Å²) in [6.45, 7) is 0.426. The largest absolute Gasteiger partial charge is 0.478 e. The number of nitrogens with two attached hydrogens (primary N) is 1. The Morgan fingerprint density at radius 3 is 2.90 bits per heavy atom. The summed E-state index contributed by atoms with van der Waals surface area (Å²) in [5.41, 5.74) is 6.31. The molecule has 2 rings (SSSR count). The van der Waals surface area contributed by atoms with E-state index in [0.717, 1.165) is 0 Å². The van der Waals surface area contributed by atoms with E-state index in [-0.39, 0.29) is 18.0 Å². The molecule has 0 aliphatic heterocycles. The van der Waals surface area contributed by atoms with Crippen LogP contribution in [-0.4, -0.2) is 27.0 Å². The first-order chi connectivity index (χ1) is 9.60. The number of carbonyl (C=O) groups is 2. The van der Waals surface area contributed by atoms with Crippen molar-refractivity contribution < 1.29 is 14.7 Å². The maximum atomic E-state index is 11.8. The van der Waals surface area contributed by atoms with E-state index in [9.17, 15) is 9.59 Å². The Labute approximate surface area is 118 Å². The molecule has 0 spiro atoms. The van der Waals surface area contributed by atoms with Gasteiger partial charge in [-0.3, -0.25) is 9.78 Å². The van der Waals surface area contributed by atoms with E-state index >= 15 is 0 Å². The van der Waals surface area contributed by atoms with Crippen LogP contribution in [0.25, 0.3) is 0 Å². The third-order valence-corrected chi connectivity index (χ3v) is 3.32. The molecule has 0 atom stereocenters. The van der Waals surface area contributed by atoms with E-state index < -0.39 is 5.97 Å². The van der Waals surface area contributed by atoms with Crippen LogP contribution in [0.1, 0.15) is 31.5 Å². The van der Waals surface area contributed by atoms with Crippen LogP contribution in [0.5, 0.6) is 0 Å². The molecule has 0 aromatic carbocycles. The lowest BCUT2D eigenvalue weighted by molar-refractivity contribution is 0.0696. The predicted molar refractivity (Wildman–Crippen MR) is 72.4 cm³/mol. The number of aromatic carboxylic acids is 1. The summed E-state index contributed by atoms with van der Waals surface area (Å²) in [6.07, 6.45) is 1.39. The minimum absolute atomic E-state index is 0.128. The lowest BCUT2D eigenvalue weighted by Crippen LogP contribution is -2.23. The van der Waals surface area contributed by atoms with Crippen molar-refractivity contribution in [2.24, 2.45) is 5.73 Å². The van der Waals surface area contributed by atoms with Gasteiger partial charge in [0.05, 0.1) is 17.8 Å². The third kappa shape index (κ3) is 3.37. The molecule has 0 aliphatic carbocycles. The Morgan fingerprint density at radius 2 is 2.25 bits per heavy atom. The fraction of sp³-hybridized carbons (Fsp3) is 0.167. The van der Waals surface area contributed by atoms with Crippen molar-refractivity contribution in [3.8, 4) is 0 Å². The van der Waals surface area contributed by atoms with Gasteiger partial charge >= 0.3 is 5.97 Å². The van der Waals surface area contributed by atoms with Crippen LogP contribution in [-0.2, 0) is 13.1 Å². The van der Waals surface area contributed by atoms with E-state index in [1.54, 1.807) is 5.38 Å². The summed E-state index contributed by atoms with van der Waals surface area (Å²) < 4.78 is 0. The minimum Gasteiger partial charge on any atom is -0.478 e. The highest BCUT2D eigenvalue weighted by atomic mass is 32.1. The average molecular weight is 292 g/mol. The van der Waals surface area contributed by atoms with Crippen LogP contribution in [0.4, 0.5) is 0 Å². The van der Waals surface area contributed by atoms with E-state index in [4.69, 9.17) is 10.8 Å². The molecule has 8 heteroatoms. The van der Waals surface area contributed by atoms with Crippen LogP contribution in [0.15, 0.2) is 23.7 Å². The third-order valence-electron chi connectivity index (χ3n) is 2.45. The number of rotatable bonds is 5.